The Balaban J connectivity index is 1.96. The van der Waals surface area contributed by atoms with Crippen LogP contribution in [0.3, 0.4) is 0 Å². The van der Waals surface area contributed by atoms with E-state index in [1.165, 1.54) is 12.8 Å². The third-order valence-corrected chi connectivity index (χ3v) is 4.31. The van der Waals surface area contributed by atoms with Crippen LogP contribution >= 0.6 is 15.9 Å². The SMILES string of the molecule is Cc1nn(C)cc1C(=O)NCC1(CBr)CC1. The summed E-state index contributed by atoms with van der Waals surface area (Å²) in [6.07, 6.45) is 4.16. The number of nitrogens with one attached hydrogen (secondary N) is 1. The average Bonchev–Trinajstić information content (AvgIpc) is 2.96. The molecule has 0 atom stereocenters. The van der Waals surface area contributed by atoms with Crippen LogP contribution in [-0.2, 0) is 7.05 Å². The third-order valence-electron chi connectivity index (χ3n) is 3.12. The first-order chi connectivity index (χ1) is 7.56. The molecule has 0 saturated heterocycles. The van der Waals surface area contributed by atoms with Crippen molar-refractivity contribution in [2.24, 2.45) is 12.5 Å². The van der Waals surface area contributed by atoms with E-state index >= 15 is 0 Å². The fourth-order valence-corrected chi connectivity index (χ4v) is 2.48. The lowest BCUT2D eigenvalue weighted by Gasteiger charge is -2.11. The van der Waals surface area contributed by atoms with E-state index in [0.29, 0.717) is 11.0 Å². The van der Waals surface area contributed by atoms with Crippen LogP contribution in [0.15, 0.2) is 6.20 Å². The quantitative estimate of drug-likeness (QED) is 0.855. The van der Waals surface area contributed by atoms with E-state index in [9.17, 15) is 4.79 Å². The molecule has 16 heavy (non-hydrogen) atoms. The zero-order chi connectivity index (χ0) is 11.8. The number of rotatable bonds is 4. The molecule has 5 heteroatoms. The molecule has 0 spiro atoms. The van der Waals surface area contributed by atoms with Gasteiger partial charge in [0.1, 0.15) is 0 Å². The minimum Gasteiger partial charge on any atom is -0.351 e. The smallest absolute Gasteiger partial charge is 0.254 e. The van der Waals surface area contributed by atoms with Crippen molar-refractivity contribution in [2.75, 3.05) is 11.9 Å². The molecule has 1 aliphatic carbocycles. The summed E-state index contributed by atoms with van der Waals surface area (Å²) in [6.45, 7) is 2.61. The number of carbonyl (C=O) groups is 1. The Bertz CT molecular complexity index is 409. The van der Waals surface area contributed by atoms with Gasteiger partial charge in [-0.05, 0) is 25.2 Å². The van der Waals surface area contributed by atoms with Gasteiger partial charge < -0.3 is 5.32 Å². The number of halogens is 1. The number of amides is 1. The van der Waals surface area contributed by atoms with E-state index in [4.69, 9.17) is 0 Å². The van der Waals surface area contributed by atoms with Crippen molar-refractivity contribution in [1.82, 2.24) is 15.1 Å². The van der Waals surface area contributed by atoms with Crippen molar-refractivity contribution in [2.45, 2.75) is 19.8 Å². The van der Waals surface area contributed by atoms with Gasteiger partial charge in [-0.3, -0.25) is 9.48 Å². The molecule has 4 nitrogen and oxygen atoms in total. The monoisotopic (exact) mass is 285 g/mol. The Morgan fingerprint density at radius 3 is 2.81 bits per heavy atom. The predicted octanol–water partition coefficient (Wildman–Crippen LogP) is 1.63. The van der Waals surface area contributed by atoms with Gasteiger partial charge in [0.2, 0.25) is 0 Å². The molecule has 0 aromatic carbocycles. The highest BCUT2D eigenvalue weighted by molar-refractivity contribution is 9.09. The maximum Gasteiger partial charge on any atom is 0.254 e. The van der Waals surface area contributed by atoms with Crippen LogP contribution in [0, 0.1) is 12.3 Å². The molecule has 1 heterocycles. The summed E-state index contributed by atoms with van der Waals surface area (Å²) in [7, 11) is 1.82. The molecule has 0 aliphatic heterocycles. The molecular formula is C11H16BrN3O. The van der Waals surface area contributed by atoms with Gasteiger partial charge in [0, 0.05) is 25.1 Å². The number of nitrogens with zero attached hydrogens (tertiary/aromatic N) is 2. The van der Waals surface area contributed by atoms with Crippen LogP contribution < -0.4 is 5.32 Å². The van der Waals surface area contributed by atoms with Gasteiger partial charge in [-0.15, -0.1) is 0 Å². The van der Waals surface area contributed by atoms with Gasteiger partial charge in [-0.1, -0.05) is 15.9 Å². The van der Waals surface area contributed by atoms with Crippen molar-refractivity contribution >= 4 is 21.8 Å². The molecule has 0 bridgehead atoms. The molecule has 1 N–H and O–H groups in total. The number of aryl methyl sites for hydroxylation is 2. The Kier molecular flexibility index (Phi) is 3.06. The molecular weight excluding hydrogens is 270 g/mol. The Labute approximate surface area is 104 Å². The molecule has 1 fully saturated rings. The van der Waals surface area contributed by atoms with E-state index in [1.54, 1.807) is 10.9 Å². The van der Waals surface area contributed by atoms with Gasteiger partial charge in [-0.25, -0.2) is 0 Å². The Morgan fingerprint density at radius 1 is 1.69 bits per heavy atom. The highest BCUT2D eigenvalue weighted by atomic mass is 79.9. The first kappa shape index (κ1) is 11.6. The van der Waals surface area contributed by atoms with Crippen molar-refractivity contribution in [3.05, 3.63) is 17.5 Å². The number of hydrogen-bond acceptors (Lipinski definition) is 2. The summed E-state index contributed by atoms with van der Waals surface area (Å²) >= 11 is 3.49. The van der Waals surface area contributed by atoms with Gasteiger partial charge in [-0.2, -0.15) is 5.10 Å². The molecule has 1 aromatic heterocycles. The molecule has 1 aliphatic rings. The summed E-state index contributed by atoms with van der Waals surface area (Å²) in [5.41, 5.74) is 1.77. The van der Waals surface area contributed by atoms with E-state index in [0.717, 1.165) is 17.6 Å². The van der Waals surface area contributed by atoms with Crippen LogP contribution in [0.2, 0.25) is 0 Å². The molecule has 0 radical (unpaired) electrons. The van der Waals surface area contributed by atoms with Crippen LogP contribution in [0.25, 0.3) is 0 Å². The molecule has 1 aromatic rings. The average molecular weight is 286 g/mol. The largest absolute Gasteiger partial charge is 0.351 e. The van der Waals surface area contributed by atoms with Gasteiger partial charge in [0.25, 0.3) is 5.91 Å². The predicted molar refractivity (Wildman–Crippen MR) is 65.7 cm³/mol. The maximum absolute atomic E-state index is 11.9. The van der Waals surface area contributed by atoms with Crippen LogP contribution in [0.5, 0.6) is 0 Å². The van der Waals surface area contributed by atoms with Crippen molar-refractivity contribution in [3.8, 4) is 0 Å². The lowest BCUT2D eigenvalue weighted by Crippen LogP contribution is -2.31. The summed E-state index contributed by atoms with van der Waals surface area (Å²) in [4.78, 5) is 11.9. The number of alkyl halides is 1. The van der Waals surface area contributed by atoms with Crippen LogP contribution in [0.4, 0.5) is 0 Å². The molecule has 1 saturated carbocycles. The van der Waals surface area contributed by atoms with Crippen molar-refractivity contribution < 1.29 is 4.79 Å². The van der Waals surface area contributed by atoms with Crippen LogP contribution in [0.1, 0.15) is 28.9 Å². The van der Waals surface area contributed by atoms with Gasteiger partial charge in [0.15, 0.2) is 0 Å². The van der Waals surface area contributed by atoms with E-state index in [1.807, 2.05) is 14.0 Å². The lowest BCUT2D eigenvalue weighted by molar-refractivity contribution is 0.0946. The van der Waals surface area contributed by atoms with Crippen molar-refractivity contribution in [3.63, 3.8) is 0 Å². The minimum absolute atomic E-state index is 0.0159. The first-order valence-electron chi connectivity index (χ1n) is 5.41. The highest BCUT2D eigenvalue weighted by Gasteiger charge is 2.41. The molecule has 88 valence electrons. The second-order valence-corrected chi connectivity index (χ2v) is 5.18. The number of carbonyl (C=O) groups excluding carboxylic acids is 1. The maximum atomic E-state index is 11.9. The molecule has 0 unspecified atom stereocenters. The van der Waals surface area contributed by atoms with Crippen molar-refractivity contribution in [1.29, 1.82) is 0 Å². The molecule has 2 rings (SSSR count). The fraction of sp³-hybridized carbons (Fsp3) is 0.636. The Hall–Kier alpha value is -0.840. The summed E-state index contributed by atoms with van der Waals surface area (Å²) in [6, 6.07) is 0. The topological polar surface area (TPSA) is 46.9 Å². The number of aromatic nitrogens is 2. The van der Waals surface area contributed by atoms with Crippen LogP contribution in [-0.4, -0.2) is 27.6 Å². The normalized spacial score (nSPS) is 17.2. The van der Waals surface area contributed by atoms with E-state index < -0.39 is 0 Å². The van der Waals surface area contributed by atoms with E-state index in [2.05, 4.69) is 26.3 Å². The standard InChI is InChI=1S/C11H16BrN3O/c1-8-9(5-15(2)14-8)10(16)13-7-11(6-12)3-4-11/h5H,3-4,6-7H2,1-2H3,(H,13,16). The summed E-state index contributed by atoms with van der Waals surface area (Å²) in [5, 5.41) is 8.11. The fourth-order valence-electron chi connectivity index (χ4n) is 1.72. The number of hydrogen-bond donors (Lipinski definition) is 1. The summed E-state index contributed by atoms with van der Waals surface area (Å²) in [5.74, 6) is -0.0159. The highest BCUT2D eigenvalue weighted by Crippen LogP contribution is 2.46. The second kappa shape index (κ2) is 4.20. The van der Waals surface area contributed by atoms with Gasteiger partial charge in [0.05, 0.1) is 11.3 Å². The Morgan fingerprint density at radius 2 is 2.38 bits per heavy atom. The second-order valence-electron chi connectivity index (χ2n) is 4.62. The van der Waals surface area contributed by atoms with E-state index in [-0.39, 0.29) is 5.91 Å². The summed E-state index contributed by atoms with van der Waals surface area (Å²) < 4.78 is 1.67. The zero-order valence-electron chi connectivity index (χ0n) is 9.59. The van der Waals surface area contributed by atoms with Gasteiger partial charge >= 0.3 is 0 Å². The third kappa shape index (κ3) is 2.29. The lowest BCUT2D eigenvalue weighted by atomic mass is 10.1. The zero-order valence-corrected chi connectivity index (χ0v) is 11.2. The first-order valence-corrected chi connectivity index (χ1v) is 6.53. The molecule has 1 amide bonds. The minimum atomic E-state index is -0.0159.